The largest absolute Gasteiger partial charge is 0.387 e. The Kier molecular flexibility index (Phi) is 5.40. The molecule has 2 rings (SSSR count). The van der Waals surface area contributed by atoms with E-state index in [2.05, 4.69) is 22.3 Å². The highest BCUT2D eigenvalue weighted by Crippen LogP contribution is 2.33. The normalized spacial score (nSPS) is 26.4. The van der Waals surface area contributed by atoms with Gasteiger partial charge in [0.15, 0.2) is 5.60 Å². The topological polar surface area (TPSA) is 53.9 Å². The number of hydrogen-bond acceptors (Lipinski definition) is 4. The van der Waals surface area contributed by atoms with Gasteiger partial charge in [-0.15, -0.1) is 0 Å². The number of amides is 1. The quantitative estimate of drug-likeness (QED) is 0.809. The first-order valence-electron chi connectivity index (χ1n) is 7.95. The summed E-state index contributed by atoms with van der Waals surface area (Å²) >= 11 is 0. The van der Waals surface area contributed by atoms with Crippen LogP contribution in [0.1, 0.15) is 52.4 Å². The first-order valence-corrected chi connectivity index (χ1v) is 7.95. The van der Waals surface area contributed by atoms with E-state index in [1.54, 1.807) is 0 Å². The number of carbonyl (C=O) groups is 1. The molecule has 2 aliphatic rings. The highest BCUT2D eigenvalue weighted by atomic mass is 16.7. The molecule has 2 heterocycles. The number of rotatable bonds is 6. The van der Waals surface area contributed by atoms with Crippen molar-refractivity contribution in [2.24, 2.45) is 5.16 Å². The zero-order valence-corrected chi connectivity index (χ0v) is 12.8. The summed E-state index contributed by atoms with van der Waals surface area (Å²) in [5.74, 6) is -0.0607. The van der Waals surface area contributed by atoms with Gasteiger partial charge >= 0.3 is 0 Å². The van der Waals surface area contributed by atoms with E-state index in [9.17, 15) is 4.79 Å². The summed E-state index contributed by atoms with van der Waals surface area (Å²) in [7, 11) is 0. The Morgan fingerprint density at radius 3 is 3.05 bits per heavy atom. The number of nitrogens with one attached hydrogen (secondary N) is 1. The molecule has 0 bridgehead atoms. The Labute approximate surface area is 121 Å². The molecule has 1 spiro atoms. The molecule has 1 atom stereocenters. The number of carbonyl (C=O) groups excluding carboxylic acids is 1. The highest BCUT2D eigenvalue weighted by Gasteiger charge is 2.44. The van der Waals surface area contributed by atoms with E-state index in [0.29, 0.717) is 18.7 Å². The number of hydrogen-bond donors (Lipinski definition) is 1. The van der Waals surface area contributed by atoms with Crippen LogP contribution in [0.4, 0.5) is 0 Å². The van der Waals surface area contributed by atoms with Crippen LogP contribution in [0.15, 0.2) is 5.16 Å². The first kappa shape index (κ1) is 15.3. The van der Waals surface area contributed by atoms with Crippen molar-refractivity contribution in [3.63, 3.8) is 0 Å². The van der Waals surface area contributed by atoms with E-state index in [1.165, 1.54) is 12.8 Å². The predicted molar refractivity (Wildman–Crippen MR) is 79.8 cm³/mol. The van der Waals surface area contributed by atoms with Gasteiger partial charge in [-0.3, -0.25) is 9.69 Å². The molecule has 1 saturated heterocycles. The standard InChI is InChI=1S/C15H27N3O2/c1-3-5-9-18-10-6-7-15(12-18)11-13(17-20-15)14(19)16-8-4-2/h3-12H2,1-2H3,(H,16,19)/t15-/m1/s1. The van der Waals surface area contributed by atoms with Crippen molar-refractivity contribution in [1.82, 2.24) is 10.2 Å². The van der Waals surface area contributed by atoms with Gasteiger partial charge in [0, 0.05) is 19.5 Å². The molecule has 1 fully saturated rings. The fraction of sp³-hybridized carbons (Fsp3) is 0.867. The monoisotopic (exact) mass is 281 g/mol. The molecular weight excluding hydrogens is 254 g/mol. The van der Waals surface area contributed by atoms with Gasteiger partial charge in [0.25, 0.3) is 5.91 Å². The lowest BCUT2D eigenvalue weighted by Gasteiger charge is -2.38. The molecule has 0 unspecified atom stereocenters. The Balaban J connectivity index is 1.86. The number of nitrogens with zero attached hydrogens (tertiary/aromatic N) is 2. The lowest BCUT2D eigenvalue weighted by molar-refractivity contribution is -0.114. The Morgan fingerprint density at radius 1 is 1.45 bits per heavy atom. The summed E-state index contributed by atoms with van der Waals surface area (Å²) in [6, 6.07) is 0. The van der Waals surface area contributed by atoms with Crippen LogP contribution >= 0.6 is 0 Å². The zero-order valence-electron chi connectivity index (χ0n) is 12.8. The lowest BCUT2D eigenvalue weighted by Crippen LogP contribution is -2.49. The average Bonchev–Trinajstić information content (AvgIpc) is 2.86. The van der Waals surface area contributed by atoms with Crippen molar-refractivity contribution in [2.45, 2.75) is 58.0 Å². The molecule has 0 aromatic carbocycles. The Hall–Kier alpha value is -1.10. The van der Waals surface area contributed by atoms with Crippen LogP contribution in [0.5, 0.6) is 0 Å². The van der Waals surface area contributed by atoms with Crippen LogP contribution in [-0.2, 0) is 9.63 Å². The van der Waals surface area contributed by atoms with Crippen LogP contribution in [0.25, 0.3) is 0 Å². The summed E-state index contributed by atoms with van der Waals surface area (Å²) in [4.78, 5) is 20.1. The van der Waals surface area contributed by atoms with Gasteiger partial charge < -0.3 is 10.2 Å². The van der Waals surface area contributed by atoms with Gasteiger partial charge in [-0.25, -0.2) is 0 Å². The average molecular weight is 281 g/mol. The molecule has 0 aliphatic carbocycles. The van der Waals surface area contributed by atoms with Gasteiger partial charge in [0.1, 0.15) is 5.71 Å². The molecule has 20 heavy (non-hydrogen) atoms. The van der Waals surface area contributed by atoms with Crippen molar-refractivity contribution < 1.29 is 9.63 Å². The fourth-order valence-electron chi connectivity index (χ4n) is 2.97. The van der Waals surface area contributed by atoms with Gasteiger partial charge in [-0.2, -0.15) is 0 Å². The Morgan fingerprint density at radius 2 is 2.30 bits per heavy atom. The first-order chi connectivity index (χ1) is 9.69. The van der Waals surface area contributed by atoms with Gasteiger partial charge in [-0.1, -0.05) is 25.4 Å². The second-order valence-electron chi connectivity index (χ2n) is 5.98. The number of likely N-dealkylation sites (tertiary alicyclic amines) is 1. The summed E-state index contributed by atoms with van der Waals surface area (Å²) < 4.78 is 0. The lowest BCUT2D eigenvalue weighted by atomic mass is 9.88. The van der Waals surface area contributed by atoms with Crippen LogP contribution in [-0.4, -0.2) is 48.3 Å². The molecule has 5 heteroatoms. The molecule has 1 amide bonds. The maximum absolute atomic E-state index is 11.9. The Bertz CT molecular complexity index is 370. The van der Waals surface area contributed by atoms with Crippen molar-refractivity contribution >= 4 is 11.6 Å². The van der Waals surface area contributed by atoms with Crippen LogP contribution in [0, 0.1) is 0 Å². The van der Waals surface area contributed by atoms with Gasteiger partial charge in [0.05, 0.1) is 0 Å². The van der Waals surface area contributed by atoms with E-state index >= 15 is 0 Å². The van der Waals surface area contributed by atoms with Crippen LogP contribution < -0.4 is 5.32 Å². The maximum Gasteiger partial charge on any atom is 0.269 e. The number of piperidine rings is 1. The summed E-state index contributed by atoms with van der Waals surface area (Å²) in [5, 5.41) is 6.94. The van der Waals surface area contributed by atoms with Gasteiger partial charge in [-0.05, 0) is 38.8 Å². The van der Waals surface area contributed by atoms with E-state index in [1.807, 2.05) is 6.92 Å². The molecule has 0 aromatic rings. The van der Waals surface area contributed by atoms with Crippen LogP contribution in [0.2, 0.25) is 0 Å². The minimum atomic E-state index is -0.245. The molecule has 114 valence electrons. The number of oxime groups is 1. The van der Waals surface area contributed by atoms with Crippen molar-refractivity contribution in [1.29, 1.82) is 0 Å². The zero-order chi connectivity index (χ0) is 14.4. The summed E-state index contributed by atoms with van der Waals surface area (Å²) in [6.45, 7) is 8.13. The third-order valence-corrected chi connectivity index (χ3v) is 4.08. The van der Waals surface area contributed by atoms with Crippen LogP contribution in [0.3, 0.4) is 0 Å². The minimum absolute atomic E-state index is 0.0607. The molecule has 5 nitrogen and oxygen atoms in total. The molecule has 0 saturated carbocycles. The molecular formula is C15H27N3O2. The molecule has 0 radical (unpaired) electrons. The predicted octanol–water partition coefficient (Wildman–Crippen LogP) is 1.92. The van der Waals surface area contributed by atoms with E-state index < -0.39 is 0 Å². The smallest absolute Gasteiger partial charge is 0.269 e. The third kappa shape index (κ3) is 3.72. The highest BCUT2D eigenvalue weighted by molar-refractivity contribution is 6.39. The van der Waals surface area contributed by atoms with E-state index in [0.717, 1.165) is 38.9 Å². The fourth-order valence-corrected chi connectivity index (χ4v) is 2.97. The molecule has 1 N–H and O–H groups in total. The molecule has 2 aliphatic heterocycles. The third-order valence-electron chi connectivity index (χ3n) is 4.08. The van der Waals surface area contributed by atoms with Crippen molar-refractivity contribution in [3.8, 4) is 0 Å². The second-order valence-corrected chi connectivity index (χ2v) is 5.98. The second kappa shape index (κ2) is 7.07. The summed E-state index contributed by atoms with van der Waals surface area (Å²) in [5.41, 5.74) is 0.320. The van der Waals surface area contributed by atoms with Crippen molar-refractivity contribution in [3.05, 3.63) is 0 Å². The van der Waals surface area contributed by atoms with E-state index in [4.69, 9.17) is 4.84 Å². The minimum Gasteiger partial charge on any atom is -0.387 e. The SMILES string of the molecule is CCCCN1CCC[C@@]2(CC(C(=O)NCCC)=NO2)C1. The maximum atomic E-state index is 11.9. The van der Waals surface area contributed by atoms with Gasteiger partial charge in [0.2, 0.25) is 0 Å². The van der Waals surface area contributed by atoms with E-state index in [-0.39, 0.29) is 11.5 Å². The molecule has 0 aromatic heterocycles. The number of unbranched alkanes of at least 4 members (excludes halogenated alkanes) is 1. The summed E-state index contributed by atoms with van der Waals surface area (Å²) in [6.07, 6.45) is 6.17. The van der Waals surface area contributed by atoms with Crippen molar-refractivity contribution in [2.75, 3.05) is 26.2 Å².